The van der Waals surface area contributed by atoms with Crippen molar-refractivity contribution < 1.29 is 31.2 Å². The number of carbonyl (C=O) groups excluding carboxylic acids is 1. The van der Waals surface area contributed by atoms with E-state index in [-0.39, 0.29) is 21.5 Å². The number of aryl methyl sites for hydroxylation is 1. The van der Waals surface area contributed by atoms with Crippen molar-refractivity contribution in [3.63, 3.8) is 0 Å². The van der Waals surface area contributed by atoms with Gasteiger partial charge >= 0.3 is 6.18 Å². The van der Waals surface area contributed by atoms with Crippen LogP contribution >= 0.6 is 23.2 Å². The zero-order valence-corrected chi connectivity index (χ0v) is 21.4. The van der Waals surface area contributed by atoms with Crippen LogP contribution in [-0.4, -0.2) is 44.3 Å². The molecule has 2 atom stereocenters. The third-order valence-electron chi connectivity index (χ3n) is 5.63. The Morgan fingerprint density at radius 2 is 1.80 bits per heavy atom. The molecule has 0 fully saturated rings. The smallest absolute Gasteiger partial charge is 0.372 e. The van der Waals surface area contributed by atoms with Crippen LogP contribution in [-0.2, 0) is 20.3 Å². The topological polar surface area (TPSA) is 84.8 Å². The maximum Gasteiger partial charge on any atom is 0.437 e. The van der Waals surface area contributed by atoms with Crippen molar-refractivity contribution in [3.05, 3.63) is 68.7 Å². The highest BCUT2D eigenvalue weighted by Gasteiger charge is 2.71. The Morgan fingerprint density at radius 3 is 2.31 bits per heavy atom. The summed E-state index contributed by atoms with van der Waals surface area (Å²) in [6, 6.07) is 7.29. The lowest BCUT2D eigenvalue weighted by atomic mass is 9.85. The molecule has 0 bridgehead atoms. The predicted molar refractivity (Wildman–Crippen MR) is 129 cm³/mol. The Hall–Kier alpha value is -2.30. The highest BCUT2D eigenvalue weighted by molar-refractivity contribution is 7.92. The average molecular weight is 551 g/mol. The summed E-state index contributed by atoms with van der Waals surface area (Å²) in [5, 5.41) is 3.86. The summed E-state index contributed by atoms with van der Waals surface area (Å²) < 4.78 is 69.6. The van der Waals surface area contributed by atoms with Crippen LogP contribution in [0, 0.1) is 6.92 Å². The van der Waals surface area contributed by atoms with Gasteiger partial charge in [-0.1, -0.05) is 47.8 Å². The molecule has 1 aliphatic heterocycles. The van der Waals surface area contributed by atoms with E-state index in [1.54, 1.807) is 6.92 Å². The van der Waals surface area contributed by atoms with Gasteiger partial charge in [-0.15, -0.1) is 0 Å². The summed E-state index contributed by atoms with van der Waals surface area (Å²) in [5.41, 5.74) is -3.61. The van der Waals surface area contributed by atoms with Gasteiger partial charge in [-0.05, 0) is 49.2 Å². The molecule has 2 aromatic rings. The number of halogens is 5. The number of sulfone groups is 1. The normalized spacial score (nSPS) is 20.3. The Morgan fingerprint density at radius 1 is 1.17 bits per heavy atom. The summed E-state index contributed by atoms with van der Waals surface area (Å²) >= 11 is 11.9. The number of hydrogen-bond acceptors (Lipinski definition) is 5. The van der Waals surface area contributed by atoms with E-state index in [0.29, 0.717) is 23.9 Å². The average Bonchev–Trinajstić information content (AvgIpc) is 3.15. The van der Waals surface area contributed by atoms with E-state index < -0.39 is 38.1 Å². The molecule has 1 aliphatic rings. The molecule has 1 amide bonds. The van der Waals surface area contributed by atoms with Crippen LogP contribution in [0.3, 0.4) is 0 Å². The van der Waals surface area contributed by atoms with E-state index in [1.165, 1.54) is 24.3 Å². The van der Waals surface area contributed by atoms with Crippen LogP contribution in [0.15, 0.2) is 41.6 Å². The van der Waals surface area contributed by atoms with Crippen molar-refractivity contribution in [2.45, 2.75) is 43.7 Å². The van der Waals surface area contributed by atoms with Gasteiger partial charge < -0.3 is 10.2 Å². The number of hydrogen-bond donors (Lipinski definition) is 1. The maximum absolute atomic E-state index is 14.6. The van der Waals surface area contributed by atoms with Gasteiger partial charge in [0.05, 0.1) is 0 Å². The molecule has 190 valence electrons. The minimum atomic E-state index is -5.21. The first-order valence-corrected chi connectivity index (χ1v) is 13.3. The standard InChI is InChI=1S/C23H23Cl2F3N2O4S/c1-4-5-8-29-21(31)18-7-6-14(9-13(18)2)19-20(35(3,32)33)22(34-30-19,23(26,27)28)15-10-16(24)12-17(25)11-15/h6-7,9-12,20H,4-5,8H2,1-3H3,(H,29,31). The summed E-state index contributed by atoms with van der Waals surface area (Å²) in [7, 11) is -4.46. The minimum absolute atomic E-state index is 0.0716. The summed E-state index contributed by atoms with van der Waals surface area (Å²) in [6.45, 7) is 4.05. The van der Waals surface area contributed by atoms with Gasteiger partial charge in [0.1, 0.15) is 5.71 Å². The van der Waals surface area contributed by atoms with Crippen LogP contribution in [0.5, 0.6) is 0 Å². The second-order valence-electron chi connectivity index (χ2n) is 8.31. The van der Waals surface area contributed by atoms with E-state index in [2.05, 4.69) is 10.5 Å². The molecule has 1 N–H and O–H groups in total. The Kier molecular flexibility index (Phi) is 7.79. The monoisotopic (exact) mass is 550 g/mol. The molecule has 0 radical (unpaired) electrons. The lowest BCUT2D eigenvalue weighted by Crippen LogP contribution is -2.55. The fourth-order valence-electron chi connectivity index (χ4n) is 4.01. The van der Waals surface area contributed by atoms with Crippen LogP contribution < -0.4 is 5.32 Å². The maximum atomic E-state index is 14.6. The van der Waals surface area contributed by atoms with Gasteiger partial charge in [-0.2, -0.15) is 13.2 Å². The quantitative estimate of drug-likeness (QED) is 0.465. The van der Waals surface area contributed by atoms with E-state index >= 15 is 0 Å². The van der Waals surface area contributed by atoms with Gasteiger partial charge in [0.2, 0.25) is 0 Å². The third kappa shape index (κ3) is 5.29. The zero-order valence-electron chi connectivity index (χ0n) is 19.0. The van der Waals surface area contributed by atoms with Crippen molar-refractivity contribution in [3.8, 4) is 0 Å². The number of benzene rings is 2. The predicted octanol–water partition coefficient (Wildman–Crippen LogP) is 5.44. The number of carbonyl (C=O) groups is 1. The zero-order chi connectivity index (χ0) is 26.2. The van der Waals surface area contributed by atoms with Crippen molar-refractivity contribution in [2.75, 3.05) is 12.8 Å². The Labute approximate surface area is 211 Å². The van der Waals surface area contributed by atoms with Crippen LogP contribution in [0.2, 0.25) is 10.0 Å². The molecular formula is C23H23Cl2F3N2O4S. The lowest BCUT2D eigenvalue weighted by molar-refractivity contribution is -0.274. The van der Waals surface area contributed by atoms with Crippen LogP contribution in [0.25, 0.3) is 0 Å². The van der Waals surface area contributed by atoms with E-state index in [0.717, 1.165) is 25.0 Å². The first-order chi connectivity index (χ1) is 16.2. The first kappa shape index (κ1) is 27.3. The number of amides is 1. The van der Waals surface area contributed by atoms with E-state index in [4.69, 9.17) is 28.0 Å². The second kappa shape index (κ2) is 9.99. The largest absolute Gasteiger partial charge is 0.437 e. The van der Waals surface area contributed by atoms with Crippen LogP contribution in [0.4, 0.5) is 13.2 Å². The molecule has 0 saturated heterocycles. The summed E-state index contributed by atoms with van der Waals surface area (Å²) in [6.07, 6.45) is -2.85. The molecule has 0 aromatic heterocycles. The van der Waals surface area contributed by atoms with Gasteiger partial charge in [-0.3, -0.25) is 4.79 Å². The molecule has 3 rings (SSSR count). The molecule has 0 spiro atoms. The van der Waals surface area contributed by atoms with Gasteiger partial charge in [0, 0.05) is 39.5 Å². The van der Waals surface area contributed by atoms with Crippen molar-refractivity contribution in [1.82, 2.24) is 5.32 Å². The molecule has 2 aromatic carbocycles. The molecule has 0 saturated carbocycles. The number of nitrogens with one attached hydrogen (secondary N) is 1. The Bertz CT molecular complexity index is 1260. The van der Waals surface area contributed by atoms with E-state index in [9.17, 15) is 26.4 Å². The Balaban J connectivity index is 2.13. The van der Waals surface area contributed by atoms with Gasteiger partial charge in [-0.25, -0.2) is 8.42 Å². The fraction of sp³-hybridized carbons (Fsp3) is 0.391. The third-order valence-corrected chi connectivity index (χ3v) is 7.48. The number of oxime groups is 1. The lowest BCUT2D eigenvalue weighted by Gasteiger charge is -2.34. The minimum Gasteiger partial charge on any atom is -0.372 e. The number of rotatable bonds is 7. The number of nitrogens with zero attached hydrogens (tertiary/aromatic N) is 1. The highest BCUT2D eigenvalue weighted by atomic mass is 35.5. The van der Waals surface area contributed by atoms with Gasteiger partial charge in [0.15, 0.2) is 15.1 Å². The van der Waals surface area contributed by atoms with E-state index in [1.807, 2.05) is 6.92 Å². The SMILES string of the molecule is CCCCNC(=O)c1ccc(C2=NOC(c3cc(Cl)cc(Cl)c3)(C(F)(F)F)C2S(C)(=O)=O)cc1C. The molecule has 6 nitrogen and oxygen atoms in total. The van der Waals surface area contributed by atoms with Crippen molar-refractivity contribution in [1.29, 1.82) is 0 Å². The number of unbranched alkanes of at least 4 members (excludes halogenated alkanes) is 1. The van der Waals surface area contributed by atoms with Crippen molar-refractivity contribution >= 4 is 44.7 Å². The molecular weight excluding hydrogens is 528 g/mol. The first-order valence-electron chi connectivity index (χ1n) is 10.6. The highest BCUT2D eigenvalue weighted by Crippen LogP contribution is 2.52. The fourth-order valence-corrected chi connectivity index (χ4v) is 6.03. The van der Waals surface area contributed by atoms with Gasteiger partial charge in [0.25, 0.3) is 11.5 Å². The summed E-state index contributed by atoms with van der Waals surface area (Å²) in [4.78, 5) is 17.4. The second-order valence-corrected chi connectivity index (χ2v) is 11.3. The molecule has 12 heteroatoms. The summed E-state index contributed by atoms with van der Waals surface area (Å²) in [5.74, 6) is -0.343. The molecule has 35 heavy (non-hydrogen) atoms. The molecule has 0 aliphatic carbocycles. The van der Waals surface area contributed by atoms with Crippen LogP contribution in [0.1, 0.15) is 46.8 Å². The molecule has 2 unspecified atom stereocenters. The molecule has 1 heterocycles. The number of alkyl halides is 3. The van der Waals surface area contributed by atoms with Crippen molar-refractivity contribution in [2.24, 2.45) is 5.16 Å².